The number of fused-ring (bicyclic) bond motifs is 5. The number of Topliss-reactive ketones (excluding diaryl/α,β-unsaturated/α-hetero) is 1. The Morgan fingerprint density at radius 2 is 1.47 bits per heavy atom. The van der Waals surface area contributed by atoms with Crippen LogP contribution in [0.15, 0.2) is 0 Å². The monoisotopic (exact) mass is 450 g/mol. The van der Waals surface area contributed by atoms with Crippen LogP contribution in [0.25, 0.3) is 0 Å². The zero-order valence-corrected chi connectivity index (χ0v) is 22.8. The van der Waals surface area contributed by atoms with Gasteiger partial charge in [-0.05, 0) is 120 Å². The highest BCUT2D eigenvalue weighted by Gasteiger charge is 2.62. The van der Waals surface area contributed by atoms with Gasteiger partial charge < -0.3 is 8.85 Å². The average Bonchev–Trinajstić information content (AvgIpc) is 2.84. The Bertz CT molecular complexity index is 681. The summed E-state index contributed by atoms with van der Waals surface area (Å²) in [6.07, 6.45) is 10.2. The quantitative estimate of drug-likeness (QED) is 0.450. The van der Waals surface area contributed by atoms with Gasteiger partial charge in [0, 0.05) is 11.5 Å². The van der Waals surface area contributed by atoms with Crippen molar-refractivity contribution in [2.75, 3.05) is 0 Å². The topological polar surface area (TPSA) is 35.5 Å². The van der Waals surface area contributed by atoms with E-state index < -0.39 is 16.6 Å². The molecule has 8 atom stereocenters. The van der Waals surface area contributed by atoms with Crippen molar-refractivity contribution in [3.05, 3.63) is 0 Å². The fourth-order valence-corrected chi connectivity index (χ4v) is 10.4. The normalized spacial score (nSPS) is 46.9. The molecule has 0 saturated heterocycles. The Balaban J connectivity index is 1.51. The van der Waals surface area contributed by atoms with Crippen LogP contribution in [0.5, 0.6) is 0 Å². The van der Waals surface area contributed by atoms with Crippen molar-refractivity contribution in [1.82, 2.24) is 0 Å². The molecule has 30 heavy (non-hydrogen) atoms. The van der Waals surface area contributed by atoms with Gasteiger partial charge >= 0.3 is 0 Å². The molecule has 4 fully saturated rings. The summed E-state index contributed by atoms with van der Waals surface area (Å²) in [5.74, 6) is 3.30. The Hall–Kier alpha value is 0.0238. The number of hydrogen-bond donors (Lipinski definition) is 0. The molecule has 0 radical (unpaired) electrons. The van der Waals surface area contributed by atoms with Gasteiger partial charge in [-0.25, -0.2) is 0 Å². The van der Waals surface area contributed by atoms with Gasteiger partial charge in [0.1, 0.15) is 6.10 Å². The average molecular weight is 451 g/mol. The number of hydrogen-bond acceptors (Lipinski definition) is 3. The van der Waals surface area contributed by atoms with E-state index in [1.54, 1.807) is 0 Å². The summed E-state index contributed by atoms with van der Waals surface area (Å²) in [6.45, 7) is 18.6. The Labute approximate surface area is 187 Å². The van der Waals surface area contributed by atoms with E-state index >= 15 is 0 Å². The molecule has 172 valence electrons. The van der Waals surface area contributed by atoms with Crippen molar-refractivity contribution in [3.63, 3.8) is 0 Å². The summed E-state index contributed by atoms with van der Waals surface area (Å²) in [4.78, 5) is 13.4. The van der Waals surface area contributed by atoms with Crippen LogP contribution in [0.3, 0.4) is 0 Å². The lowest BCUT2D eigenvalue weighted by molar-refractivity contribution is -0.143. The molecule has 3 nitrogen and oxygen atoms in total. The first kappa shape index (κ1) is 23.2. The Morgan fingerprint density at radius 1 is 0.800 bits per heavy atom. The molecule has 0 amide bonds. The summed E-state index contributed by atoms with van der Waals surface area (Å²) in [5.41, 5.74) is 0.317. The van der Waals surface area contributed by atoms with Gasteiger partial charge in [-0.2, -0.15) is 0 Å². The molecule has 8 unspecified atom stereocenters. The molecule has 4 aliphatic rings. The van der Waals surface area contributed by atoms with E-state index in [1.165, 1.54) is 38.5 Å². The molecule has 4 aliphatic carbocycles. The molecule has 0 heterocycles. The van der Waals surface area contributed by atoms with Gasteiger partial charge in [0.05, 0.1) is 0 Å². The maximum atomic E-state index is 13.4. The van der Waals surface area contributed by atoms with Gasteiger partial charge in [0.15, 0.2) is 22.4 Å². The molecular weight excluding hydrogens is 404 g/mol. The van der Waals surface area contributed by atoms with Crippen LogP contribution in [-0.4, -0.2) is 34.6 Å². The summed E-state index contributed by atoms with van der Waals surface area (Å²) >= 11 is 0. The standard InChI is InChI=1S/C25H46O3Si2/c1-24-13-11-18(27-29(3,4)5)15-17(24)9-10-19-20(24)12-14-25(2)21(19)16-22(23(25)26)28-30(6,7)8/h17-22H,9-16H2,1-8H3. The molecule has 0 aromatic carbocycles. The van der Waals surface area contributed by atoms with Crippen molar-refractivity contribution in [3.8, 4) is 0 Å². The molecule has 4 saturated carbocycles. The molecular formula is C25H46O3Si2. The number of ketones is 1. The third-order valence-electron chi connectivity index (χ3n) is 9.35. The second-order valence-corrected chi connectivity index (χ2v) is 22.5. The van der Waals surface area contributed by atoms with Crippen LogP contribution < -0.4 is 0 Å². The fraction of sp³-hybridized carbons (Fsp3) is 0.960. The lowest BCUT2D eigenvalue weighted by atomic mass is 9.45. The number of carbonyl (C=O) groups excluding carboxylic acids is 1. The van der Waals surface area contributed by atoms with Crippen molar-refractivity contribution >= 4 is 22.4 Å². The predicted octanol–water partition coefficient (Wildman–Crippen LogP) is 6.65. The first-order chi connectivity index (χ1) is 13.7. The zero-order chi connectivity index (χ0) is 22.1. The summed E-state index contributed by atoms with van der Waals surface area (Å²) in [5, 5.41) is 0. The third kappa shape index (κ3) is 4.06. The highest BCUT2D eigenvalue weighted by molar-refractivity contribution is 6.70. The van der Waals surface area contributed by atoms with E-state index in [-0.39, 0.29) is 11.5 Å². The largest absolute Gasteiger partial charge is 0.415 e. The van der Waals surface area contributed by atoms with Crippen molar-refractivity contribution in [1.29, 1.82) is 0 Å². The molecule has 0 aromatic rings. The van der Waals surface area contributed by atoms with Crippen molar-refractivity contribution < 1.29 is 13.6 Å². The van der Waals surface area contributed by atoms with E-state index in [0.717, 1.165) is 30.6 Å². The van der Waals surface area contributed by atoms with Gasteiger partial charge in [-0.3, -0.25) is 4.79 Å². The minimum atomic E-state index is -1.71. The van der Waals surface area contributed by atoms with E-state index in [9.17, 15) is 4.79 Å². The Morgan fingerprint density at radius 3 is 2.10 bits per heavy atom. The summed E-state index contributed by atoms with van der Waals surface area (Å²) in [7, 11) is -3.18. The van der Waals surface area contributed by atoms with Crippen LogP contribution in [0, 0.1) is 34.5 Å². The molecule has 0 bridgehead atoms. The van der Waals surface area contributed by atoms with E-state index in [0.29, 0.717) is 23.2 Å². The highest BCUT2D eigenvalue weighted by Crippen LogP contribution is 2.65. The summed E-state index contributed by atoms with van der Waals surface area (Å²) in [6, 6.07) is 0. The molecule has 0 aromatic heterocycles. The van der Waals surface area contributed by atoms with E-state index in [2.05, 4.69) is 53.1 Å². The lowest BCUT2D eigenvalue weighted by Crippen LogP contribution is -2.54. The van der Waals surface area contributed by atoms with Crippen LogP contribution in [0.1, 0.15) is 65.2 Å². The SMILES string of the molecule is CC12CCC3C(CCC4CC(O[Si](C)(C)C)CCC43C)C1CC(O[Si](C)(C)C)C2=O. The van der Waals surface area contributed by atoms with Crippen molar-refractivity contribution in [2.45, 2.75) is 117 Å². The highest BCUT2D eigenvalue weighted by atomic mass is 28.4. The maximum Gasteiger partial charge on any atom is 0.184 e. The second-order valence-electron chi connectivity index (χ2n) is 13.6. The molecule has 0 spiro atoms. The third-order valence-corrected chi connectivity index (χ3v) is 11.4. The number of carbonyl (C=O) groups is 1. The summed E-state index contributed by atoms with van der Waals surface area (Å²) < 4.78 is 13.0. The molecule has 0 N–H and O–H groups in total. The van der Waals surface area contributed by atoms with E-state index in [4.69, 9.17) is 8.85 Å². The first-order valence-electron chi connectivity index (χ1n) is 12.6. The predicted molar refractivity (Wildman–Crippen MR) is 129 cm³/mol. The van der Waals surface area contributed by atoms with Crippen molar-refractivity contribution in [2.24, 2.45) is 34.5 Å². The molecule has 5 heteroatoms. The van der Waals surface area contributed by atoms with Gasteiger partial charge in [-0.15, -0.1) is 0 Å². The maximum absolute atomic E-state index is 13.4. The number of rotatable bonds is 4. The van der Waals surface area contributed by atoms with Gasteiger partial charge in [-0.1, -0.05) is 13.8 Å². The van der Waals surface area contributed by atoms with Crippen LogP contribution in [-0.2, 0) is 13.6 Å². The van der Waals surface area contributed by atoms with E-state index in [1.807, 2.05) is 0 Å². The minimum Gasteiger partial charge on any atom is -0.415 e. The molecule has 0 aliphatic heterocycles. The lowest BCUT2D eigenvalue weighted by Gasteiger charge is -2.60. The fourth-order valence-electron chi connectivity index (χ4n) is 8.12. The van der Waals surface area contributed by atoms with Crippen LogP contribution in [0.4, 0.5) is 0 Å². The first-order valence-corrected chi connectivity index (χ1v) is 19.4. The minimum absolute atomic E-state index is 0.128. The Kier molecular flexibility index (Phi) is 5.82. The van der Waals surface area contributed by atoms with Gasteiger partial charge in [0.2, 0.25) is 0 Å². The van der Waals surface area contributed by atoms with Gasteiger partial charge in [0.25, 0.3) is 0 Å². The smallest absolute Gasteiger partial charge is 0.184 e. The second kappa shape index (κ2) is 7.53. The molecule has 4 rings (SSSR count). The zero-order valence-electron chi connectivity index (χ0n) is 20.8. The van der Waals surface area contributed by atoms with Crippen LogP contribution >= 0.6 is 0 Å². The van der Waals surface area contributed by atoms with Crippen LogP contribution in [0.2, 0.25) is 39.3 Å².